The van der Waals surface area contributed by atoms with Gasteiger partial charge in [-0.15, -0.1) is 0 Å². The van der Waals surface area contributed by atoms with Crippen molar-refractivity contribution in [2.75, 3.05) is 6.61 Å². The Bertz CT molecular complexity index is 594. The van der Waals surface area contributed by atoms with Crippen molar-refractivity contribution in [3.8, 4) is 5.75 Å². The Kier molecular flexibility index (Phi) is 3.70. The van der Waals surface area contributed by atoms with E-state index in [1.807, 2.05) is 6.07 Å². The third kappa shape index (κ3) is 2.68. The highest BCUT2D eigenvalue weighted by molar-refractivity contribution is 5.39. The predicted octanol–water partition coefficient (Wildman–Crippen LogP) is 3.75. The summed E-state index contributed by atoms with van der Waals surface area (Å²) in [4.78, 5) is 0. The first-order valence-corrected chi connectivity index (χ1v) is 6.94. The third-order valence-corrected chi connectivity index (χ3v) is 3.70. The van der Waals surface area contributed by atoms with Crippen LogP contribution >= 0.6 is 0 Å². The van der Waals surface area contributed by atoms with Crippen molar-refractivity contribution in [1.29, 1.82) is 0 Å². The monoisotopic (exact) mass is 271 g/mol. The van der Waals surface area contributed by atoms with Crippen LogP contribution in [0.3, 0.4) is 0 Å². The maximum absolute atomic E-state index is 13.7. The minimum absolute atomic E-state index is 0.149. The largest absolute Gasteiger partial charge is 0.490 e. The van der Waals surface area contributed by atoms with Crippen molar-refractivity contribution < 1.29 is 9.13 Å². The number of benzene rings is 2. The summed E-state index contributed by atoms with van der Waals surface area (Å²) in [5, 5.41) is 3.49. The number of para-hydroxylation sites is 1. The lowest BCUT2D eigenvalue weighted by Crippen LogP contribution is -2.27. The Morgan fingerprint density at radius 2 is 2.00 bits per heavy atom. The second kappa shape index (κ2) is 5.63. The predicted molar refractivity (Wildman–Crippen MR) is 77.3 cm³/mol. The molecule has 0 fully saturated rings. The SMILES string of the molecule is Cc1ccc(CNC2CCOc3c(F)cccc32)cc1. The summed E-state index contributed by atoms with van der Waals surface area (Å²) in [6.07, 6.45) is 0.863. The van der Waals surface area contributed by atoms with Gasteiger partial charge in [-0.05, 0) is 18.6 Å². The standard InChI is InChI=1S/C17H18FNO/c1-12-5-7-13(8-6-12)11-19-16-9-10-20-17-14(16)3-2-4-15(17)18/h2-8,16,19H,9-11H2,1H3. The molecule has 0 radical (unpaired) electrons. The van der Waals surface area contributed by atoms with Crippen LogP contribution in [0, 0.1) is 12.7 Å². The molecule has 20 heavy (non-hydrogen) atoms. The summed E-state index contributed by atoms with van der Waals surface area (Å²) >= 11 is 0. The van der Waals surface area contributed by atoms with Crippen molar-refractivity contribution in [2.45, 2.75) is 25.9 Å². The lowest BCUT2D eigenvalue weighted by molar-refractivity contribution is 0.240. The van der Waals surface area contributed by atoms with Crippen LogP contribution in [0.2, 0.25) is 0 Å². The summed E-state index contributed by atoms with van der Waals surface area (Å²) in [5.74, 6) is 0.129. The molecule has 1 unspecified atom stereocenters. The molecule has 1 aliphatic heterocycles. The van der Waals surface area contributed by atoms with Crippen LogP contribution in [-0.2, 0) is 6.54 Å². The van der Waals surface area contributed by atoms with E-state index in [1.54, 1.807) is 6.07 Å². The summed E-state index contributed by atoms with van der Waals surface area (Å²) in [6, 6.07) is 13.7. The molecule has 0 bridgehead atoms. The minimum atomic E-state index is -0.274. The zero-order valence-corrected chi connectivity index (χ0v) is 11.5. The third-order valence-electron chi connectivity index (χ3n) is 3.70. The Hall–Kier alpha value is -1.87. The van der Waals surface area contributed by atoms with E-state index in [-0.39, 0.29) is 11.9 Å². The number of halogens is 1. The molecular formula is C17H18FNO. The van der Waals surface area contributed by atoms with Crippen LogP contribution in [0.4, 0.5) is 4.39 Å². The molecule has 1 heterocycles. The molecule has 3 heteroatoms. The molecule has 0 spiro atoms. The van der Waals surface area contributed by atoms with Crippen molar-refractivity contribution in [1.82, 2.24) is 5.32 Å². The maximum Gasteiger partial charge on any atom is 0.165 e. The summed E-state index contributed by atoms with van der Waals surface area (Å²) in [6.45, 7) is 3.41. The second-order valence-corrected chi connectivity index (χ2v) is 5.21. The Morgan fingerprint density at radius 1 is 1.20 bits per heavy atom. The molecule has 0 amide bonds. The van der Waals surface area contributed by atoms with Crippen LogP contribution in [0.15, 0.2) is 42.5 Å². The number of rotatable bonds is 3. The van der Waals surface area contributed by atoms with Crippen molar-refractivity contribution in [3.63, 3.8) is 0 Å². The van der Waals surface area contributed by atoms with Crippen LogP contribution in [-0.4, -0.2) is 6.61 Å². The molecule has 1 N–H and O–H groups in total. The fraction of sp³-hybridized carbons (Fsp3) is 0.294. The topological polar surface area (TPSA) is 21.3 Å². The first-order valence-electron chi connectivity index (χ1n) is 6.94. The Morgan fingerprint density at radius 3 is 2.80 bits per heavy atom. The zero-order chi connectivity index (χ0) is 13.9. The number of fused-ring (bicyclic) bond motifs is 1. The van der Waals surface area contributed by atoms with Crippen LogP contribution in [0.1, 0.15) is 29.2 Å². The molecule has 2 nitrogen and oxygen atoms in total. The van der Waals surface area contributed by atoms with Crippen LogP contribution < -0.4 is 10.1 Å². The molecule has 1 atom stereocenters. The fourth-order valence-electron chi connectivity index (χ4n) is 2.55. The van der Waals surface area contributed by atoms with Crippen molar-refractivity contribution in [3.05, 3.63) is 65.0 Å². The van der Waals surface area contributed by atoms with Gasteiger partial charge in [-0.3, -0.25) is 0 Å². The zero-order valence-electron chi connectivity index (χ0n) is 11.5. The number of hydrogen-bond acceptors (Lipinski definition) is 2. The molecule has 3 rings (SSSR count). The normalized spacial score (nSPS) is 17.4. The minimum Gasteiger partial charge on any atom is -0.490 e. The van der Waals surface area contributed by atoms with E-state index in [4.69, 9.17) is 4.74 Å². The van der Waals surface area contributed by atoms with Crippen LogP contribution in [0.5, 0.6) is 5.75 Å². The van der Waals surface area contributed by atoms with E-state index in [1.165, 1.54) is 17.2 Å². The first-order chi connectivity index (χ1) is 9.74. The van der Waals surface area contributed by atoms with Gasteiger partial charge >= 0.3 is 0 Å². The van der Waals surface area contributed by atoms with Crippen LogP contribution in [0.25, 0.3) is 0 Å². The molecule has 2 aromatic rings. The van der Waals surface area contributed by atoms with E-state index < -0.39 is 0 Å². The molecule has 1 aliphatic rings. The smallest absolute Gasteiger partial charge is 0.165 e. The summed E-state index contributed by atoms with van der Waals surface area (Å²) in [7, 11) is 0. The van der Waals surface area contributed by atoms with E-state index in [0.717, 1.165) is 18.5 Å². The van der Waals surface area contributed by atoms with Gasteiger partial charge in [-0.1, -0.05) is 42.0 Å². The highest BCUT2D eigenvalue weighted by atomic mass is 19.1. The van der Waals surface area contributed by atoms with Gasteiger partial charge in [0.15, 0.2) is 11.6 Å². The van der Waals surface area contributed by atoms with Gasteiger partial charge < -0.3 is 10.1 Å². The van der Waals surface area contributed by atoms with Gasteiger partial charge in [0.05, 0.1) is 6.61 Å². The van der Waals surface area contributed by atoms with Gasteiger partial charge in [0.2, 0.25) is 0 Å². The molecule has 0 aliphatic carbocycles. The molecule has 0 aromatic heterocycles. The highest BCUT2D eigenvalue weighted by Gasteiger charge is 2.23. The van der Waals surface area contributed by atoms with Crippen molar-refractivity contribution >= 4 is 0 Å². The quantitative estimate of drug-likeness (QED) is 0.918. The van der Waals surface area contributed by atoms with Gasteiger partial charge in [0.1, 0.15) is 0 Å². The second-order valence-electron chi connectivity index (χ2n) is 5.21. The molecule has 2 aromatic carbocycles. The van der Waals surface area contributed by atoms with E-state index in [9.17, 15) is 4.39 Å². The van der Waals surface area contributed by atoms with E-state index >= 15 is 0 Å². The first kappa shape index (κ1) is 13.1. The molecular weight excluding hydrogens is 253 g/mol. The van der Waals surface area contributed by atoms with E-state index in [0.29, 0.717) is 12.4 Å². The highest BCUT2D eigenvalue weighted by Crippen LogP contribution is 2.34. The Balaban J connectivity index is 1.73. The van der Waals surface area contributed by atoms with Crippen molar-refractivity contribution in [2.24, 2.45) is 0 Å². The lowest BCUT2D eigenvalue weighted by atomic mass is 10.00. The summed E-state index contributed by atoms with van der Waals surface area (Å²) < 4.78 is 19.1. The fourth-order valence-corrected chi connectivity index (χ4v) is 2.55. The molecule has 104 valence electrons. The van der Waals surface area contributed by atoms with Gasteiger partial charge in [-0.2, -0.15) is 0 Å². The Labute approximate surface area is 118 Å². The lowest BCUT2D eigenvalue weighted by Gasteiger charge is -2.27. The van der Waals surface area contributed by atoms with E-state index in [2.05, 4.69) is 36.5 Å². The number of ether oxygens (including phenoxy) is 1. The number of nitrogens with one attached hydrogen (secondary N) is 1. The van der Waals surface area contributed by atoms with Gasteiger partial charge in [0.25, 0.3) is 0 Å². The number of hydrogen-bond donors (Lipinski definition) is 1. The average molecular weight is 271 g/mol. The molecule has 0 saturated heterocycles. The van der Waals surface area contributed by atoms with Gasteiger partial charge in [-0.25, -0.2) is 4.39 Å². The number of aryl methyl sites for hydroxylation is 1. The van der Waals surface area contributed by atoms with Gasteiger partial charge in [0, 0.05) is 24.6 Å². The average Bonchev–Trinajstić information content (AvgIpc) is 2.47. The summed E-state index contributed by atoms with van der Waals surface area (Å²) in [5.41, 5.74) is 3.41. The maximum atomic E-state index is 13.7. The molecule has 0 saturated carbocycles.